The topological polar surface area (TPSA) is 42.7 Å². The molecule has 0 amide bonds. The average molecular weight is 337 g/mol. The van der Waals surface area contributed by atoms with Crippen molar-refractivity contribution < 1.29 is 0 Å². The van der Waals surface area contributed by atoms with Gasteiger partial charge in [-0.3, -0.25) is 0 Å². The van der Waals surface area contributed by atoms with Crippen LogP contribution < -0.4 is 5.32 Å². The van der Waals surface area contributed by atoms with Crippen LogP contribution in [0.2, 0.25) is 0 Å². The highest BCUT2D eigenvalue weighted by Gasteiger charge is 2.15. The standard InChI is InChI=1S/C15H21BrN4/c1-11(12-6-5-7-13(16)8-12)17-9-14-10-20(19-18-14)15(2,3)4/h5-8,10-11,17H,9H2,1-4H3/t11-/m1/s1. The van der Waals surface area contributed by atoms with Crippen LogP contribution in [0.25, 0.3) is 0 Å². The fourth-order valence-corrected chi connectivity index (χ4v) is 2.28. The summed E-state index contributed by atoms with van der Waals surface area (Å²) in [6, 6.07) is 8.60. The molecule has 1 N–H and O–H groups in total. The van der Waals surface area contributed by atoms with Gasteiger partial charge in [-0.05, 0) is 45.4 Å². The smallest absolute Gasteiger partial charge is 0.0965 e. The number of nitrogens with zero attached hydrogens (tertiary/aromatic N) is 3. The van der Waals surface area contributed by atoms with Gasteiger partial charge < -0.3 is 5.32 Å². The lowest BCUT2D eigenvalue weighted by atomic mass is 10.1. The van der Waals surface area contributed by atoms with Gasteiger partial charge in [0.2, 0.25) is 0 Å². The second-order valence-electron chi connectivity index (χ2n) is 5.98. The first-order valence-electron chi connectivity index (χ1n) is 6.77. The Hall–Kier alpha value is -1.20. The monoisotopic (exact) mass is 336 g/mol. The molecule has 1 aromatic carbocycles. The summed E-state index contributed by atoms with van der Waals surface area (Å²) in [6.07, 6.45) is 2.00. The van der Waals surface area contributed by atoms with Crippen molar-refractivity contribution in [3.8, 4) is 0 Å². The third kappa shape index (κ3) is 3.90. The normalized spacial score (nSPS) is 13.4. The Morgan fingerprint density at radius 1 is 1.35 bits per heavy atom. The lowest BCUT2D eigenvalue weighted by Crippen LogP contribution is -2.22. The molecule has 4 nitrogen and oxygen atoms in total. The molecule has 0 aliphatic carbocycles. The van der Waals surface area contributed by atoms with Crippen LogP contribution in [-0.2, 0) is 12.1 Å². The average Bonchev–Trinajstić information content (AvgIpc) is 2.84. The van der Waals surface area contributed by atoms with Gasteiger partial charge in [-0.15, -0.1) is 5.10 Å². The number of rotatable bonds is 4. The number of hydrogen-bond donors (Lipinski definition) is 1. The number of nitrogens with one attached hydrogen (secondary N) is 1. The molecule has 2 aromatic rings. The van der Waals surface area contributed by atoms with Crippen LogP contribution in [-0.4, -0.2) is 15.0 Å². The van der Waals surface area contributed by atoms with Crippen molar-refractivity contribution in [3.63, 3.8) is 0 Å². The van der Waals surface area contributed by atoms with E-state index in [9.17, 15) is 0 Å². The Morgan fingerprint density at radius 3 is 2.70 bits per heavy atom. The first-order valence-corrected chi connectivity index (χ1v) is 7.56. The summed E-state index contributed by atoms with van der Waals surface area (Å²) in [6.45, 7) is 9.20. The molecule has 0 unspecified atom stereocenters. The van der Waals surface area contributed by atoms with E-state index in [1.807, 2.05) is 23.0 Å². The third-order valence-corrected chi connectivity index (χ3v) is 3.66. The van der Waals surface area contributed by atoms with E-state index in [4.69, 9.17) is 0 Å². The van der Waals surface area contributed by atoms with Crippen molar-refractivity contribution in [1.82, 2.24) is 20.3 Å². The second kappa shape index (κ2) is 6.06. The highest BCUT2D eigenvalue weighted by Crippen LogP contribution is 2.18. The van der Waals surface area contributed by atoms with Crippen molar-refractivity contribution >= 4 is 15.9 Å². The van der Waals surface area contributed by atoms with Gasteiger partial charge >= 0.3 is 0 Å². The molecule has 5 heteroatoms. The maximum absolute atomic E-state index is 4.21. The number of benzene rings is 1. The number of halogens is 1. The minimum atomic E-state index is -0.0266. The van der Waals surface area contributed by atoms with Gasteiger partial charge in [-0.2, -0.15) is 0 Å². The van der Waals surface area contributed by atoms with Crippen LogP contribution in [0.3, 0.4) is 0 Å². The van der Waals surface area contributed by atoms with Crippen LogP contribution in [0.5, 0.6) is 0 Å². The summed E-state index contributed by atoms with van der Waals surface area (Å²) >= 11 is 3.50. The molecule has 0 bridgehead atoms. The van der Waals surface area contributed by atoms with Crippen LogP contribution in [0, 0.1) is 0 Å². The summed E-state index contributed by atoms with van der Waals surface area (Å²) < 4.78 is 3.00. The minimum Gasteiger partial charge on any atom is -0.304 e. The Morgan fingerprint density at radius 2 is 2.10 bits per heavy atom. The maximum Gasteiger partial charge on any atom is 0.0965 e. The summed E-state index contributed by atoms with van der Waals surface area (Å²) in [4.78, 5) is 0. The molecule has 1 aromatic heterocycles. The van der Waals surface area contributed by atoms with Crippen molar-refractivity contribution in [2.75, 3.05) is 0 Å². The van der Waals surface area contributed by atoms with E-state index >= 15 is 0 Å². The molecule has 0 radical (unpaired) electrons. The van der Waals surface area contributed by atoms with E-state index < -0.39 is 0 Å². The molecule has 1 atom stereocenters. The number of hydrogen-bond acceptors (Lipinski definition) is 3. The van der Waals surface area contributed by atoms with Crippen molar-refractivity contribution in [2.24, 2.45) is 0 Å². The summed E-state index contributed by atoms with van der Waals surface area (Å²) in [5.41, 5.74) is 2.19. The quantitative estimate of drug-likeness (QED) is 0.926. The summed E-state index contributed by atoms with van der Waals surface area (Å²) in [5.74, 6) is 0. The molecular formula is C15H21BrN4. The van der Waals surface area contributed by atoms with Crippen molar-refractivity contribution in [2.45, 2.75) is 45.8 Å². The molecule has 2 rings (SSSR count). The fourth-order valence-electron chi connectivity index (χ4n) is 1.86. The summed E-state index contributed by atoms with van der Waals surface area (Å²) in [7, 11) is 0. The largest absolute Gasteiger partial charge is 0.304 e. The predicted molar refractivity (Wildman–Crippen MR) is 84.4 cm³/mol. The Labute approximate surface area is 128 Å². The van der Waals surface area contributed by atoms with Crippen molar-refractivity contribution in [3.05, 3.63) is 46.2 Å². The molecule has 108 valence electrons. The molecule has 0 spiro atoms. The van der Waals surface area contributed by atoms with Gasteiger partial charge in [-0.1, -0.05) is 33.3 Å². The van der Waals surface area contributed by atoms with Gasteiger partial charge in [0.1, 0.15) is 0 Å². The molecule has 1 heterocycles. The van der Waals surface area contributed by atoms with Gasteiger partial charge in [0.25, 0.3) is 0 Å². The number of aromatic nitrogens is 3. The predicted octanol–water partition coefficient (Wildman–Crippen LogP) is 3.65. The van der Waals surface area contributed by atoms with E-state index in [-0.39, 0.29) is 11.6 Å². The zero-order chi connectivity index (χ0) is 14.8. The zero-order valence-electron chi connectivity index (χ0n) is 12.4. The first-order chi connectivity index (χ1) is 9.36. The van der Waals surface area contributed by atoms with Gasteiger partial charge in [0.05, 0.1) is 17.4 Å². The lowest BCUT2D eigenvalue weighted by molar-refractivity contribution is 0.347. The van der Waals surface area contributed by atoms with Gasteiger partial charge in [-0.25, -0.2) is 4.68 Å². The van der Waals surface area contributed by atoms with E-state index in [1.54, 1.807) is 0 Å². The van der Waals surface area contributed by atoms with E-state index in [2.05, 4.69) is 71.4 Å². The van der Waals surface area contributed by atoms with E-state index in [0.717, 1.165) is 10.2 Å². The SMILES string of the molecule is C[C@@H](NCc1cn(C(C)(C)C)nn1)c1cccc(Br)c1. The van der Waals surface area contributed by atoms with Crippen LogP contribution in [0.1, 0.15) is 45.0 Å². The van der Waals surface area contributed by atoms with E-state index in [1.165, 1.54) is 5.56 Å². The van der Waals surface area contributed by atoms with Gasteiger partial charge in [0, 0.05) is 17.1 Å². The molecule has 20 heavy (non-hydrogen) atoms. The van der Waals surface area contributed by atoms with Crippen LogP contribution in [0.15, 0.2) is 34.9 Å². The Kier molecular flexibility index (Phi) is 4.60. The minimum absolute atomic E-state index is 0.0266. The highest BCUT2D eigenvalue weighted by molar-refractivity contribution is 9.10. The van der Waals surface area contributed by atoms with Crippen molar-refractivity contribution in [1.29, 1.82) is 0 Å². The molecular weight excluding hydrogens is 316 g/mol. The first kappa shape index (κ1) is 15.2. The molecule has 0 saturated carbocycles. The Balaban J connectivity index is 1.97. The second-order valence-corrected chi connectivity index (χ2v) is 6.90. The van der Waals surface area contributed by atoms with Crippen LogP contribution in [0.4, 0.5) is 0 Å². The van der Waals surface area contributed by atoms with Gasteiger partial charge in [0.15, 0.2) is 0 Å². The fraction of sp³-hybridized carbons (Fsp3) is 0.467. The maximum atomic E-state index is 4.21. The molecule has 0 saturated heterocycles. The molecule has 0 fully saturated rings. The van der Waals surface area contributed by atoms with E-state index in [0.29, 0.717) is 6.54 Å². The van der Waals surface area contributed by atoms with Crippen LogP contribution >= 0.6 is 15.9 Å². The zero-order valence-corrected chi connectivity index (χ0v) is 14.0. The Bertz CT molecular complexity index is 571. The lowest BCUT2D eigenvalue weighted by Gasteiger charge is -2.17. The molecule has 0 aliphatic rings. The highest BCUT2D eigenvalue weighted by atomic mass is 79.9. The summed E-state index contributed by atoms with van der Waals surface area (Å²) in [5, 5.41) is 11.8. The third-order valence-electron chi connectivity index (χ3n) is 3.17. The molecule has 0 aliphatic heterocycles.